The molecule has 22 heavy (non-hydrogen) atoms. The monoisotopic (exact) mass is 300 g/mol. The summed E-state index contributed by atoms with van der Waals surface area (Å²) in [5.74, 6) is -1.21. The molecule has 3 rings (SSSR count). The number of hydrogen-bond donors (Lipinski definition) is 2. The third-order valence-corrected chi connectivity index (χ3v) is 3.33. The van der Waals surface area contributed by atoms with Crippen LogP contribution in [-0.4, -0.2) is 28.8 Å². The lowest BCUT2D eigenvalue weighted by Gasteiger charge is -2.09. The molecule has 0 aromatic heterocycles. The number of esters is 1. The van der Waals surface area contributed by atoms with Crippen molar-refractivity contribution in [3.63, 3.8) is 0 Å². The first-order valence-corrected chi connectivity index (χ1v) is 6.54. The molecule has 2 N–H and O–H groups in total. The summed E-state index contributed by atoms with van der Waals surface area (Å²) in [6.45, 7) is -0.429. The number of aromatic hydroxyl groups is 1. The van der Waals surface area contributed by atoms with Gasteiger partial charge in [0.15, 0.2) is 6.61 Å². The summed E-state index contributed by atoms with van der Waals surface area (Å²) in [5, 5.41) is 18.1. The normalized spacial score (nSPS) is 16.0. The SMILES string of the molecule is O=C(O)COc1ccc([C@H]2C(=O)Oc3ccc(O)cc32)cc1. The summed E-state index contributed by atoms with van der Waals surface area (Å²) in [6, 6.07) is 11.0. The van der Waals surface area contributed by atoms with Crippen LogP contribution in [0.4, 0.5) is 0 Å². The molecule has 0 aliphatic carbocycles. The van der Waals surface area contributed by atoms with Crippen LogP contribution in [0, 0.1) is 0 Å². The molecular formula is C16H12O6. The number of aliphatic carboxylic acids is 1. The van der Waals surface area contributed by atoms with E-state index >= 15 is 0 Å². The predicted molar refractivity (Wildman–Crippen MR) is 75.2 cm³/mol. The molecule has 1 atom stereocenters. The van der Waals surface area contributed by atoms with Gasteiger partial charge in [0.1, 0.15) is 23.2 Å². The van der Waals surface area contributed by atoms with Gasteiger partial charge in [-0.15, -0.1) is 0 Å². The van der Waals surface area contributed by atoms with Crippen LogP contribution in [-0.2, 0) is 9.59 Å². The number of carboxylic acids is 1. The first-order chi connectivity index (χ1) is 10.5. The Morgan fingerprint density at radius 1 is 1.18 bits per heavy atom. The maximum atomic E-state index is 12.0. The fraction of sp³-hybridized carbons (Fsp3) is 0.125. The number of ether oxygens (including phenoxy) is 2. The molecule has 1 aliphatic heterocycles. The molecule has 6 heteroatoms. The van der Waals surface area contributed by atoms with Gasteiger partial charge in [-0.2, -0.15) is 0 Å². The van der Waals surface area contributed by atoms with E-state index in [1.165, 1.54) is 12.1 Å². The van der Waals surface area contributed by atoms with Crippen LogP contribution < -0.4 is 9.47 Å². The van der Waals surface area contributed by atoms with Crippen LogP contribution in [0.3, 0.4) is 0 Å². The second-order valence-electron chi connectivity index (χ2n) is 4.83. The fourth-order valence-electron chi connectivity index (χ4n) is 2.37. The van der Waals surface area contributed by atoms with Crippen molar-refractivity contribution < 1.29 is 29.3 Å². The molecule has 0 saturated carbocycles. The predicted octanol–water partition coefficient (Wildman–Crippen LogP) is 1.91. The lowest BCUT2D eigenvalue weighted by atomic mass is 9.92. The van der Waals surface area contributed by atoms with Crippen molar-refractivity contribution in [3.05, 3.63) is 53.6 Å². The zero-order valence-corrected chi connectivity index (χ0v) is 11.4. The fourth-order valence-corrected chi connectivity index (χ4v) is 2.37. The molecule has 0 radical (unpaired) electrons. The van der Waals surface area contributed by atoms with Gasteiger partial charge >= 0.3 is 11.9 Å². The van der Waals surface area contributed by atoms with Crippen molar-refractivity contribution in [2.24, 2.45) is 0 Å². The highest BCUT2D eigenvalue weighted by Crippen LogP contribution is 2.41. The Labute approximate surface area is 125 Å². The van der Waals surface area contributed by atoms with E-state index in [0.29, 0.717) is 22.6 Å². The van der Waals surface area contributed by atoms with Crippen LogP contribution in [0.15, 0.2) is 42.5 Å². The van der Waals surface area contributed by atoms with Crippen LogP contribution in [0.1, 0.15) is 17.0 Å². The molecule has 2 aromatic rings. The Morgan fingerprint density at radius 2 is 1.91 bits per heavy atom. The third-order valence-electron chi connectivity index (χ3n) is 3.33. The topological polar surface area (TPSA) is 93.1 Å². The van der Waals surface area contributed by atoms with Gasteiger partial charge in [0.25, 0.3) is 0 Å². The Hall–Kier alpha value is -3.02. The number of hydrogen-bond acceptors (Lipinski definition) is 5. The smallest absolute Gasteiger partial charge is 0.341 e. The molecule has 112 valence electrons. The maximum Gasteiger partial charge on any atom is 0.341 e. The minimum atomic E-state index is -1.06. The zero-order valence-electron chi connectivity index (χ0n) is 11.4. The zero-order chi connectivity index (χ0) is 15.7. The number of carbonyl (C=O) groups is 2. The van der Waals surface area contributed by atoms with Gasteiger partial charge in [-0.3, -0.25) is 4.79 Å². The molecule has 2 aromatic carbocycles. The summed E-state index contributed by atoms with van der Waals surface area (Å²) in [5.41, 5.74) is 1.28. The number of phenolic OH excluding ortho intramolecular Hbond substituents is 1. The highest BCUT2D eigenvalue weighted by atomic mass is 16.5. The van der Waals surface area contributed by atoms with Gasteiger partial charge in [-0.1, -0.05) is 12.1 Å². The molecule has 0 bridgehead atoms. The molecule has 1 heterocycles. The van der Waals surface area contributed by atoms with E-state index < -0.39 is 24.5 Å². The van der Waals surface area contributed by atoms with Crippen molar-refractivity contribution >= 4 is 11.9 Å². The molecule has 6 nitrogen and oxygen atoms in total. The standard InChI is InChI=1S/C16H12O6/c17-10-3-6-13-12(7-10)15(16(20)22-13)9-1-4-11(5-2-9)21-8-14(18)19/h1-7,15,17H,8H2,(H,18,19)/t15-/m1/s1. The second-order valence-corrected chi connectivity index (χ2v) is 4.83. The molecule has 0 amide bonds. The van der Waals surface area contributed by atoms with E-state index in [2.05, 4.69) is 0 Å². The van der Waals surface area contributed by atoms with E-state index in [1.807, 2.05) is 0 Å². The highest BCUT2D eigenvalue weighted by molar-refractivity contribution is 5.89. The Bertz CT molecular complexity index is 735. The minimum absolute atomic E-state index is 0.0588. The van der Waals surface area contributed by atoms with Gasteiger partial charge in [-0.05, 0) is 35.9 Å². The average Bonchev–Trinajstić information content (AvgIpc) is 2.81. The van der Waals surface area contributed by atoms with Crippen molar-refractivity contribution in [2.45, 2.75) is 5.92 Å². The van der Waals surface area contributed by atoms with E-state index in [4.69, 9.17) is 14.6 Å². The molecule has 0 saturated heterocycles. The van der Waals surface area contributed by atoms with Gasteiger partial charge in [0.2, 0.25) is 0 Å². The lowest BCUT2D eigenvalue weighted by molar-refractivity contribution is -0.139. The van der Waals surface area contributed by atoms with Crippen molar-refractivity contribution in [2.75, 3.05) is 6.61 Å². The second kappa shape index (κ2) is 5.40. The quantitative estimate of drug-likeness (QED) is 0.662. The molecule has 0 fully saturated rings. The van der Waals surface area contributed by atoms with Crippen molar-refractivity contribution in [1.82, 2.24) is 0 Å². The van der Waals surface area contributed by atoms with Crippen molar-refractivity contribution in [1.29, 1.82) is 0 Å². The summed E-state index contributed by atoms with van der Waals surface area (Å²) in [7, 11) is 0. The van der Waals surface area contributed by atoms with E-state index in [0.717, 1.165) is 0 Å². The van der Waals surface area contributed by atoms with Gasteiger partial charge in [0.05, 0.1) is 0 Å². The number of benzene rings is 2. The number of phenols is 1. The number of rotatable bonds is 4. The number of carboxylic acid groups (broad SMARTS) is 1. The summed E-state index contributed by atoms with van der Waals surface area (Å²) in [6.07, 6.45) is 0. The first-order valence-electron chi connectivity index (χ1n) is 6.54. The maximum absolute atomic E-state index is 12.0. The first kappa shape index (κ1) is 13.9. The average molecular weight is 300 g/mol. The lowest BCUT2D eigenvalue weighted by Crippen LogP contribution is -2.12. The summed E-state index contributed by atoms with van der Waals surface area (Å²) in [4.78, 5) is 22.5. The summed E-state index contributed by atoms with van der Waals surface area (Å²) >= 11 is 0. The van der Waals surface area contributed by atoms with Crippen LogP contribution in [0.25, 0.3) is 0 Å². The van der Waals surface area contributed by atoms with Crippen LogP contribution >= 0.6 is 0 Å². The van der Waals surface area contributed by atoms with Gasteiger partial charge in [0, 0.05) is 5.56 Å². The molecule has 1 aliphatic rings. The van der Waals surface area contributed by atoms with E-state index in [-0.39, 0.29) is 5.75 Å². The number of fused-ring (bicyclic) bond motifs is 1. The van der Waals surface area contributed by atoms with Crippen LogP contribution in [0.2, 0.25) is 0 Å². The number of carbonyl (C=O) groups excluding carboxylic acids is 1. The highest BCUT2D eigenvalue weighted by Gasteiger charge is 2.34. The Kier molecular flexibility index (Phi) is 3.42. The molecule has 0 spiro atoms. The van der Waals surface area contributed by atoms with Gasteiger partial charge < -0.3 is 19.7 Å². The molecular weight excluding hydrogens is 288 g/mol. The Balaban J connectivity index is 1.87. The van der Waals surface area contributed by atoms with Crippen LogP contribution in [0.5, 0.6) is 17.2 Å². The minimum Gasteiger partial charge on any atom is -0.508 e. The largest absolute Gasteiger partial charge is 0.508 e. The van der Waals surface area contributed by atoms with Gasteiger partial charge in [-0.25, -0.2) is 4.79 Å². The summed E-state index contributed by atoms with van der Waals surface area (Å²) < 4.78 is 10.2. The van der Waals surface area contributed by atoms with Crippen molar-refractivity contribution in [3.8, 4) is 17.2 Å². The van der Waals surface area contributed by atoms with E-state index in [1.54, 1.807) is 30.3 Å². The molecule has 0 unspecified atom stereocenters. The van der Waals surface area contributed by atoms with E-state index in [9.17, 15) is 14.7 Å². The third kappa shape index (κ3) is 2.58. The Morgan fingerprint density at radius 3 is 2.59 bits per heavy atom.